The van der Waals surface area contributed by atoms with Crippen LogP contribution in [0.4, 0.5) is 5.69 Å². The van der Waals surface area contributed by atoms with Gasteiger partial charge in [0.15, 0.2) is 5.78 Å². The summed E-state index contributed by atoms with van der Waals surface area (Å²) in [7, 11) is 0. The van der Waals surface area contributed by atoms with Gasteiger partial charge in [0, 0.05) is 12.0 Å². The Bertz CT molecular complexity index is 441. The summed E-state index contributed by atoms with van der Waals surface area (Å²) < 4.78 is 0. The van der Waals surface area contributed by atoms with Crippen LogP contribution in [0.25, 0.3) is 0 Å². The van der Waals surface area contributed by atoms with Crippen molar-refractivity contribution >= 4 is 17.4 Å². The summed E-state index contributed by atoms with van der Waals surface area (Å²) in [6, 6.07) is 4.44. The number of amides is 1. The fourth-order valence-electron chi connectivity index (χ4n) is 1.60. The SMILES string of the molecule is CCCCCC(=O)Nc1cc(C(C)=O)ccc1O. The Hall–Kier alpha value is -1.84. The Morgan fingerprint density at radius 1 is 1.28 bits per heavy atom. The molecule has 0 heterocycles. The lowest BCUT2D eigenvalue weighted by molar-refractivity contribution is -0.116. The Morgan fingerprint density at radius 2 is 2.00 bits per heavy atom. The van der Waals surface area contributed by atoms with Crippen LogP contribution in [0.1, 0.15) is 49.9 Å². The maximum Gasteiger partial charge on any atom is 0.224 e. The summed E-state index contributed by atoms with van der Waals surface area (Å²) in [5.41, 5.74) is 0.765. The average molecular weight is 249 g/mol. The molecule has 2 N–H and O–H groups in total. The zero-order chi connectivity index (χ0) is 13.5. The number of nitrogens with one attached hydrogen (secondary N) is 1. The highest BCUT2D eigenvalue weighted by Crippen LogP contribution is 2.24. The summed E-state index contributed by atoms with van der Waals surface area (Å²) >= 11 is 0. The number of phenols is 1. The number of carbonyl (C=O) groups is 2. The van der Waals surface area contributed by atoms with Crippen LogP contribution in [0, 0.1) is 0 Å². The van der Waals surface area contributed by atoms with Crippen molar-refractivity contribution < 1.29 is 14.7 Å². The predicted molar refractivity (Wildman–Crippen MR) is 70.9 cm³/mol. The number of Topliss-reactive ketones (excluding diaryl/α,β-unsaturated/α-hetero) is 1. The molecule has 0 saturated heterocycles. The molecule has 0 spiro atoms. The van der Waals surface area contributed by atoms with Gasteiger partial charge in [-0.2, -0.15) is 0 Å². The lowest BCUT2D eigenvalue weighted by Gasteiger charge is -2.08. The molecule has 98 valence electrons. The number of unbranched alkanes of at least 4 members (excludes halogenated alkanes) is 2. The maximum absolute atomic E-state index is 11.6. The van der Waals surface area contributed by atoms with Gasteiger partial charge >= 0.3 is 0 Å². The monoisotopic (exact) mass is 249 g/mol. The van der Waals surface area contributed by atoms with Crippen molar-refractivity contribution in [2.24, 2.45) is 0 Å². The highest BCUT2D eigenvalue weighted by molar-refractivity contribution is 5.98. The summed E-state index contributed by atoms with van der Waals surface area (Å²) in [6.45, 7) is 3.51. The maximum atomic E-state index is 11.6. The zero-order valence-corrected chi connectivity index (χ0v) is 10.8. The number of benzene rings is 1. The molecule has 0 saturated carbocycles. The van der Waals surface area contributed by atoms with Gasteiger partial charge in [0.05, 0.1) is 5.69 Å². The number of phenolic OH excluding ortho intramolecular Hbond substituents is 1. The van der Waals surface area contributed by atoms with E-state index in [0.717, 1.165) is 19.3 Å². The number of carbonyl (C=O) groups excluding carboxylic acids is 2. The van der Waals surface area contributed by atoms with Crippen molar-refractivity contribution in [3.05, 3.63) is 23.8 Å². The van der Waals surface area contributed by atoms with Crippen molar-refractivity contribution in [3.8, 4) is 5.75 Å². The molecule has 0 aromatic heterocycles. The van der Waals surface area contributed by atoms with Gasteiger partial charge < -0.3 is 10.4 Å². The molecule has 4 heteroatoms. The zero-order valence-electron chi connectivity index (χ0n) is 10.8. The van der Waals surface area contributed by atoms with Crippen molar-refractivity contribution in [3.63, 3.8) is 0 Å². The smallest absolute Gasteiger partial charge is 0.224 e. The Morgan fingerprint density at radius 3 is 2.61 bits per heavy atom. The highest BCUT2D eigenvalue weighted by Gasteiger charge is 2.09. The van der Waals surface area contributed by atoms with Crippen molar-refractivity contribution in [1.29, 1.82) is 0 Å². The first-order chi connectivity index (χ1) is 8.54. The summed E-state index contributed by atoms with van der Waals surface area (Å²) in [5.74, 6) is -0.264. The minimum absolute atomic E-state index is 0.0242. The van der Waals surface area contributed by atoms with Gasteiger partial charge in [-0.25, -0.2) is 0 Å². The van der Waals surface area contributed by atoms with Crippen LogP contribution in [-0.2, 0) is 4.79 Å². The van der Waals surface area contributed by atoms with E-state index in [2.05, 4.69) is 12.2 Å². The number of anilines is 1. The first-order valence-corrected chi connectivity index (χ1v) is 6.18. The molecule has 1 amide bonds. The molecular weight excluding hydrogens is 230 g/mol. The molecule has 1 aromatic rings. The van der Waals surface area contributed by atoms with Crippen LogP contribution in [0.15, 0.2) is 18.2 Å². The Kier molecular flexibility index (Phi) is 5.36. The van der Waals surface area contributed by atoms with E-state index in [4.69, 9.17) is 0 Å². The van der Waals surface area contributed by atoms with Gasteiger partial charge in [-0.3, -0.25) is 9.59 Å². The van der Waals surface area contributed by atoms with E-state index in [-0.39, 0.29) is 17.4 Å². The van der Waals surface area contributed by atoms with Crippen molar-refractivity contribution in [2.45, 2.75) is 39.5 Å². The molecule has 0 aliphatic heterocycles. The summed E-state index contributed by atoms with van der Waals surface area (Å²) in [5, 5.41) is 12.2. The van der Waals surface area contributed by atoms with Crippen molar-refractivity contribution in [1.82, 2.24) is 0 Å². The third kappa shape index (κ3) is 4.20. The Balaban J connectivity index is 2.68. The normalized spacial score (nSPS) is 10.1. The predicted octanol–water partition coefficient (Wildman–Crippen LogP) is 3.11. The van der Waals surface area contributed by atoms with Crippen LogP contribution in [0.5, 0.6) is 5.75 Å². The molecule has 1 aromatic carbocycles. The minimum atomic E-state index is -0.139. The quantitative estimate of drug-likeness (QED) is 0.462. The van der Waals surface area contributed by atoms with Gasteiger partial charge in [-0.1, -0.05) is 19.8 Å². The lowest BCUT2D eigenvalue weighted by Crippen LogP contribution is -2.11. The van der Waals surface area contributed by atoms with Crippen LogP contribution in [-0.4, -0.2) is 16.8 Å². The molecule has 4 nitrogen and oxygen atoms in total. The number of hydrogen-bond acceptors (Lipinski definition) is 3. The molecule has 0 fully saturated rings. The van der Waals surface area contributed by atoms with E-state index < -0.39 is 0 Å². The largest absolute Gasteiger partial charge is 0.506 e. The fraction of sp³-hybridized carbons (Fsp3) is 0.429. The Labute approximate surface area is 107 Å². The second kappa shape index (κ2) is 6.79. The van der Waals surface area contributed by atoms with E-state index in [1.54, 1.807) is 0 Å². The van der Waals surface area contributed by atoms with E-state index in [1.807, 2.05) is 0 Å². The minimum Gasteiger partial charge on any atom is -0.506 e. The van der Waals surface area contributed by atoms with E-state index in [1.165, 1.54) is 25.1 Å². The lowest BCUT2D eigenvalue weighted by atomic mass is 10.1. The first kappa shape index (κ1) is 14.2. The molecule has 18 heavy (non-hydrogen) atoms. The van der Waals surface area contributed by atoms with Crippen LogP contribution in [0.2, 0.25) is 0 Å². The average Bonchev–Trinajstić information content (AvgIpc) is 2.32. The van der Waals surface area contributed by atoms with Crippen molar-refractivity contribution in [2.75, 3.05) is 5.32 Å². The van der Waals surface area contributed by atoms with Crippen LogP contribution >= 0.6 is 0 Å². The van der Waals surface area contributed by atoms with Gasteiger partial charge in [-0.05, 0) is 31.5 Å². The van der Waals surface area contributed by atoms with E-state index in [9.17, 15) is 14.7 Å². The number of aromatic hydroxyl groups is 1. The highest BCUT2D eigenvalue weighted by atomic mass is 16.3. The second-order valence-electron chi connectivity index (χ2n) is 4.29. The molecular formula is C14H19NO3. The van der Waals surface area contributed by atoms with Crippen LogP contribution in [0.3, 0.4) is 0 Å². The fourth-order valence-corrected chi connectivity index (χ4v) is 1.60. The number of hydrogen-bond donors (Lipinski definition) is 2. The van der Waals surface area contributed by atoms with Gasteiger partial charge in [0.25, 0.3) is 0 Å². The third-order valence-electron chi connectivity index (χ3n) is 2.68. The molecule has 0 bridgehead atoms. The van der Waals surface area contributed by atoms with Crippen LogP contribution < -0.4 is 5.32 Å². The molecule has 0 unspecified atom stereocenters. The second-order valence-corrected chi connectivity index (χ2v) is 4.29. The van der Waals surface area contributed by atoms with E-state index in [0.29, 0.717) is 17.7 Å². The number of ketones is 1. The molecule has 0 atom stereocenters. The van der Waals surface area contributed by atoms with Gasteiger partial charge in [-0.15, -0.1) is 0 Å². The molecule has 0 aliphatic carbocycles. The molecule has 0 radical (unpaired) electrons. The van der Waals surface area contributed by atoms with E-state index >= 15 is 0 Å². The molecule has 0 aliphatic rings. The topological polar surface area (TPSA) is 66.4 Å². The third-order valence-corrected chi connectivity index (χ3v) is 2.68. The first-order valence-electron chi connectivity index (χ1n) is 6.18. The summed E-state index contributed by atoms with van der Waals surface area (Å²) in [4.78, 5) is 22.8. The summed E-state index contributed by atoms with van der Waals surface area (Å²) in [6.07, 6.45) is 3.32. The van der Waals surface area contributed by atoms with Gasteiger partial charge in [0.1, 0.15) is 5.75 Å². The van der Waals surface area contributed by atoms with Gasteiger partial charge in [0.2, 0.25) is 5.91 Å². The standard InChI is InChI=1S/C14H19NO3/c1-3-4-5-6-14(18)15-12-9-11(10(2)16)7-8-13(12)17/h7-9,17H,3-6H2,1-2H3,(H,15,18). The number of rotatable bonds is 6. The molecule has 1 rings (SSSR count).